The standard InChI is InChI=1S/C21H21N3O2/c1-14-8-10-17(11-9-14)24-19-7-3-6-18(19)20(23-24)21(26)22-16-5-2-4-15(12-16)13-25/h2,4-5,8-12,25H,3,6-7,13H2,1H3,(H,22,26). The van der Waals surface area contributed by atoms with Crippen LogP contribution >= 0.6 is 0 Å². The van der Waals surface area contributed by atoms with Gasteiger partial charge >= 0.3 is 0 Å². The van der Waals surface area contributed by atoms with Gasteiger partial charge in [-0.25, -0.2) is 4.68 Å². The van der Waals surface area contributed by atoms with Crippen LogP contribution in [0.2, 0.25) is 0 Å². The zero-order valence-electron chi connectivity index (χ0n) is 14.7. The van der Waals surface area contributed by atoms with Gasteiger partial charge in [0.1, 0.15) is 0 Å². The van der Waals surface area contributed by atoms with E-state index in [0.717, 1.165) is 41.8 Å². The summed E-state index contributed by atoms with van der Waals surface area (Å²) in [6.45, 7) is 2.00. The maximum absolute atomic E-state index is 12.8. The van der Waals surface area contributed by atoms with E-state index in [0.29, 0.717) is 11.4 Å². The maximum atomic E-state index is 12.8. The third-order valence-corrected chi connectivity index (χ3v) is 4.79. The van der Waals surface area contributed by atoms with Crippen LogP contribution in [0.5, 0.6) is 0 Å². The number of carbonyl (C=O) groups excluding carboxylic acids is 1. The molecule has 26 heavy (non-hydrogen) atoms. The first-order valence-electron chi connectivity index (χ1n) is 8.84. The van der Waals surface area contributed by atoms with Crippen molar-refractivity contribution in [3.63, 3.8) is 0 Å². The molecule has 1 amide bonds. The van der Waals surface area contributed by atoms with Crippen LogP contribution in [0.1, 0.15) is 39.3 Å². The highest BCUT2D eigenvalue weighted by molar-refractivity contribution is 6.04. The summed E-state index contributed by atoms with van der Waals surface area (Å²) in [5.41, 5.74) is 6.27. The number of nitrogens with zero attached hydrogens (tertiary/aromatic N) is 2. The fourth-order valence-corrected chi connectivity index (χ4v) is 3.46. The summed E-state index contributed by atoms with van der Waals surface area (Å²) in [5, 5.41) is 16.8. The molecule has 2 N–H and O–H groups in total. The van der Waals surface area contributed by atoms with Gasteiger partial charge in [-0.05, 0) is 56.0 Å². The molecule has 4 rings (SSSR count). The Bertz CT molecular complexity index is 958. The number of rotatable bonds is 4. The van der Waals surface area contributed by atoms with Crippen LogP contribution < -0.4 is 5.32 Å². The van der Waals surface area contributed by atoms with Gasteiger partial charge in [0, 0.05) is 16.9 Å². The van der Waals surface area contributed by atoms with Gasteiger partial charge in [0.25, 0.3) is 5.91 Å². The molecule has 2 aromatic carbocycles. The number of aromatic nitrogens is 2. The molecule has 0 saturated heterocycles. The van der Waals surface area contributed by atoms with Gasteiger partial charge in [-0.15, -0.1) is 0 Å². The fraction of sp³-hybridized carbons (Fsp3) is 0.238. The molecule has 0 spiro atoms. The largest absolute Gasteiger partial charge is 0.392 e. The summed E-state index contributed by atoms with van der Waals surface area (Å²) in [6, 6.07) is 15.4. The second-order valence-corrected chi connectivity index (χ2v) is 6.69. The van der Waals surface area contributed by atoms with Gasteiger partial charge in [-0.2, -0.15) is 5.10 Å². The molecule has 0 saturated carbocycles. The number of aliphatic hydroxyl groups is 1. The van der Waals surface area contributed by atoms with E-state index in [1.807, 2.05) is 35.0 Å². The number of anilines is 1. The maximum Gasteiger partial charge on any atom is 0.276 e. The van der Waals surface area contributed by atoms with E-state index in [4.69, 9.17) is 0 Å². The summed E-state index contributed by atoms with van der Waals surface area (Å²) in [6.07, 6.45) is 2.85. The van der Waals surface area contributed by atoms with E-state index in [-0.39, 0.29) is 12.5 Å². The van der Waals surface area contributed by atoms with Crippen molar-refractivity contribution in [2.75, 3.05) is 5.32 Å². The average molecular weight is 347 g/mol. The lowest BCUT2D eigenvalue weighted by atomic mass is 10.1. The summed E-state index contributed by atoms with van der Waals surface area (Å²) < 4.78 is 1.90. The molecule has 1 heterocycles. The van der Waals surface area contributed by atoms with Crippen LogP contribution in [0.4, 0.5) is 5.69 Å². The average Bonchev–Trinajstić information content (AvgIpc) is 3.25. The third kappa shape index (κ3) is 3.02. The Morgan fingerprint density at radius 1 is 1.19 bits per heavy atom. The van der Waals surface area contributed by atoms with Crippen molar-refractivity contribution in [2.45, 2.75) is 32.8 Å². The first-order chi connectivity index (χ1) is 12.7. The normalized spacial score (nSPS) is 12.8. The zero-order valence-corrected chi connectivity index (χ0v) is 14.7. The number of benzene rings is 2. The number of nitrogens with one attached hydrogen (secondary N) is 1. The van der Waals surface area contributed by atoms with Crippen LogP contribution in [0.15, 0.2) is 48.5 Å². The van der Waals surface area contributed by atoms with Crippen LogP contribution in [-0.2, 0) is 19.4 Å². The van der Waals surface area contributed by atoms with Gasteiger partial charge in [0.05, 0.1) is 12.3 Å². The van der Waals surface area contributed by atoms with Crippen molar-refractivity contribution in [1.29, 1.82) is 0 Å². The van der Waals surface area contributed by atoms with Crippen LogP contribution in [-0.4, -0.2) is 20.8 Å². The minimum atomic E-state index is -0.205. The summed E-state index contributed by atoms with van der Waals surface area (Å²) in [7, 11) is 0. The predicted molar refractivity (Wildman–Crippen MR) is 101 cm³/mol. The molecule has 0 radical (unpaired) electrons. The number of hydrogen-bond acceptors (Lipinski definition) is 3. The number of amides is 1. The highest BCUT2D eigenvalue weighted by Crippen LogP contribution is 2.28. The summed E-state index contributed by atoms with van der Waals surface area (Å²) in [4.78, 5) is 12.8. The lowest BCUT2D eigenvalue weighted by Crippen LogP contribution is -2.15. The number of aryl methyl sites for hydroxylation is 1. The minimum Gasteiger partial charge on any atom is -0.392 e. The minimum absolute atomic E-state index is 0.0544. The SMILES string of the molecule is Cc1ccc(-n2nc(C(=O)Nc3cccc(CO)c3)c3c2CCC3)cc1. The van der Waals surface area contributed by atoms with E-state index < -0.39 is 0 Å². The Kier molecular flexibility index (Phi) is 4.31. The lowest BCUT2D eigenvalue weighted by Gasteiger charge is -2.06. The van der Waals surface area contributed by atoms with Crippen molar-refractivity contribution in [3.05, 3.63) is 76.6 Å². The molecule has 1 aromatic heterocycles. The molecule has 5 nitrogen and oxygen atoms in total. The molecular weight excluding hydrogens is 326 g/mol. The van der Waals surface area contributed by atoms with E-state index in [9.17, 15) is 9.90 Å². The number of carbonyl (C=O) groups is 1. The Hall–Kier alpha value is -2.92. The molecule has 132 valence electrons. The Labute approximate surface area is 152 Å². The lowest BCUT2D eigenvalue weighted by molar-refractivity contribution is 0.102. The topological polar surface area (TPSA) is 67.2 Å². The van der Waals surface area contributed by atoms with E-state index in [1.165, 1.54) is 5.56 Å². The van der Waals surface area contributed by atoms with Crippen molar-refractivity contribution in [1.82, 2.24) is 9.78 Å². The van der Waals surface area contributed by atoms with Crippen molar-refractivity contribution in [3.8, 4) is 5.69 Å². The number of aliphatic hydroxyl groups excluding tert-OH is 1. The first-order valence-corrected chi connectivity index (χ1v) is 8.84. The highest BCUT2D eigenvalue weighted by Gasteiger charge is 2.27. The van der Waals surface area contributed by atoms with Crippen LogP contribution in [0.3, 0.4) is 0 Å². The van der Waals surface area contributed by atoms with E-state index in [1.54, 1.807) is 6.07 Å². The van der Waals surface area contributed by atoms with Gasteiger partial charge in [0.2, 0.25) is 0 Å². The van der Waals surface area contributed by atoms with Crippen LogP contribution in [0, 0.1) is 6.92 Å². The van der Waals surface area contributed by atoms with Gasteiger partial charge in [-0.3, -0.25) is 4.79 Å². The smallest absolute Gasteiger partial charge is 0.276 e. The van der Waals surface area contributed by atoms with E-state index >= 15 is 0 Å². The molecule has 0 bridgehead atoms. The zero-order chi connectivity index (χ0) is 18.1. The molecule has 0 fully saturated rings. The number of fused-ring (bicyclic) bond motifs is 1. The fourth-order valence-electron chi connectivity index (χ4n) is 3.46. The quantitative estimate of drug-likeness (QED) is 0.760. The predicted octanol–water partition coefficient (Wildman–Crippen LogP) is 3.41. The third-order valence-electron chi connectivity index (χ3n) is 4.79. The molecule has 0 aliphatic heterocycles. The molecule has 0 atom stereocenters. The molecule has 1 aliphatic carbocycles. The van der Waals surface area contributed by atoms with E-state index in [2.05, 4.69) is 29.5 Å². The van der Waals surface area contributed by atoms with Gasteiger partial charge in [0.15, 0.2) is 5.69 Å². The summed E-state index contributed by atoms with van der Waals surface area (Å²) in [5.74, 6) is -0.205. The molecule has 0 unspecified atom stereocenters. The Balaban J connectivity index is 1.67. The molecule has 5 heteroatoms. The van der Waals surface area contributed by atoms with Crippen molar-refractivity contribution >= 4 is 11.6 Å². The van der Waals surface area contributed by atoms with Gasteiger partial charge < -0.3 is 10.4 Å². The Morgan fingerprint density at radius 2 is 2.00 bits per heavy atom. The monoisotopic (exact) mass is 347 g/mol. The van der Waals surface area contributed by atoms with Crippen molar-refractivity contribution < 1.29 is 9.90 Å². The first kappa shape index (κ1) is 16.5. The molecular formula is C21H21N3O2. The second-order valence-electron chi connectivity index (χ2n) is 6.69. The molecule has 1 aliphatic rings. The van der Waals surface area contributed by atoms with Crippen LogP contribution in [0.25, 0.3) is 5.69 Å². The second kappa shape index (κ2) is 6.77. The van der Waals surface area contributed by atoms with Crippen molar-refractivity contribution in [2.24, 2.45) is 0 Å². The summed E-state index contributed by atoms with van der Waals surface area (Å²) >= 11 is 0. The Morgan fingerprint density at radius 3 is 2.77 bits per heavy atom. The van der Waals surface area contributed by atoms with Gasteiger partial charge in [-0.1, -0.05) is 29.8 Å². The highest BCUT2D eigenvalue weighted by atomic mass is 16.3. The molecule has 3 aromatic rings. The number of hydrogen-bond donors (Lipinski definition) is 2.